The number of hydrogen-bond acceptors (Lipinski definition) is 4. The van der Waals surface area contributed by atoms with Gasteiger partial charge < -0.3 is 15.3 Å². The number of rotatable bonds is 2. The van der Waals surface area contributed by atoms with E-state index in [0.717, 1.165) is 9.58 Å². The van der Waals surface area contributed by atoms with E-state index >= 15 is 0 Å². The third-order valence-corrected chi connectivity index (χ3v) is 6.47. The third-order valence-electron chi connectivity index (χ3n) is 5.72. The predicted molar refractivity (Wildman–Crippen MR) is 114 cm³/mol. The number of aromatic nitrogens is 3. The van der Waals surface area contributed by atoms with Crippen molar-refractivity contribution in [1.29, 1.82) is 0 Å². The van der Waals surface area contributed by atoms with Gasteiger partial charge in [-0.15, -0.1) is 6.42 Å². The van der Waals surface area contributed by atoms with E-state index < -0.39 is 61.2 Å². The van der Waals surface area contributed by atoms with Crippen LogP contribution in [0.15, 0.2) is 12.3 Å². The molecule has 2 aromatic heterocycles. The van der Waals surface area contributed by atoms with E-state index in [-0.39, 0.29) is 33.6 Å². The summed E-state index contributed by atoms with van der Waals surface area (Å²) in [5.41, 5.74) is -2.51. The Balaban J connectivity index is 1.69. The van der Waals surface area contributed by atoms with E-state index in [0.29, 0.717) is 0 Å². The van der Waals surface area contributed by atoms with Crippen LogP contribution < -0.4 is 5.32 Å². The van der Waals surface area contributed by atoms with E-state index in [9.17, 15) is 27.5 Å². The second kappa shape index (κ2) is 8.18. The topological polar surface area (TPSA) is 83.3 Å². The van der Waals surface area contributed by atoms with Crippen molar-refractivity contribution in [2.24, 2.45) is 0 Å². The van der Waals surface area contributed by atoms with Crippen LogP contribution in [0.1, 0.15) is 29.8 Å². The minimum atomic E-state index is -3.41. The number of hydrogen-bond donors (Lipinski definition) is 2. The van der Waals surface area contributed by atoms with E-state index in [1.807, 2.05) is 0 Å². The van der Waals surface area contributed by atoms with Gasteiger partial charge in [-0.3, -0.25) is 4.68 Å². The molecule has 4 heterocycles. The molecule has 32 heavy (non-hydrogen) atoms. The van der Waals surface area contributed by atoms with Crippen molar-refractivity contribution in [1.82, 2.24) is 19.7 Å². The summed E-state index contributed by atoms with van der Waals surface area (Å²) in [5, 5.41) is 15.9. The molecule has 0 spiro atoms. The zero-order valence-corrected chi connectivity index (χ0v) is 18.7. The number of carbonyl (C=O) groups is 1. The van der Waals surface area contributed by atoms with Crippen molar-refractivity contribution in [2.75, 3.05) is 11.9 Å². The lowest BCUT2D eigenvalue weighted by molar-refractivity contribution is -0.0324. The molecule has 0 aliphatic carbocycles. The number of nitrogens with one attached hydrogen (secondary N) is 1. The first-order valence-corrected chi connectivity index (χ1v) is 10.8. The Morgan fingerprint density at radius 3 is 2.84 bits per heavy atom. The van der Waals surface area contributed by atoms with Crippen LogP contribution in [-0.4, -0.2) is 49.1 Å². The van der Waals surface area contributed by atoms with Gasteiger partial charge in [0.05, 0.1) is 31.1 Å². The summed E-state index contributed by atoms with van der Waals surface area (Å²) in [6, 6.07) is -0.329. The van der Waals surface area contributed by atoms with Gasteiger partial charge in [0.15, 0.2) is 11.5 Å². The van der Waals surface area contributed by atoms with Gasteiger partial charge in [0.1, 0.15) is 15.4 Å². The number of nitrogens with zero attached hydrogens (tertiary/aromatic N) is 4. The number of fused-ring (bicyclic) bond motifs is 3. The molecular formula is C20H18F4IN5O2. The number of amides is 2. The summed E-state index contributed by atoms with van der Waals surface area (Å²) in [4.78, 5) is 17.8. The van der Waals surface area contributed by atoms with E-state index in [1.165, 1.54) is 12.3 Å². The normalized spacial score (nSPS) is 24.2. The molecule has 0 aromatic carbocycles. The van der Waals surface area contributed by atoms with Crippen LogP contribution in [0.2, 0.25) is 0 Å². The van der Waals surface area contributed by atoms with Gasteiger partial charge in [-0.05, 0) is 35.1 Å². The summed E-state index contributed by atoms with van der Waals surface area (Å²) >= 11 is 1.67. The number of alkyl halides is 3. The maximum atomic E-state index is 15.0. The standard InChI is InChI=1S/C20H18F4IN5O2/c1-2-11-7-14-12(8-29(11)18(32)27-13-3-6-26-17(25)15(13)21)16-20(23,24)5-4-19(22,10-31)9-30(16)28-14/h1,3,6,11,31H,4-5,7-10H2,(H,26,27,32)/t11-,19-/m1/s1. The number of urea groups is 1. The molecule has 2 amide bonds. The first kappa shape index (κ1) is 22.8. The Morgan fingerprint density at radius 2 is 2.16 bits per heavy atom. The largest absolute Gasteiger partial charge is 0.393 e. The average Bonchev–Trinajstić information content (AvgIpc) is 3.07. The van der Waals surface area contributed by atoms with Gasteiger partial charge in [0.25, 0.3) is 5.92 Å². The molecule has 7 nitrogen and oxygen atoms in total. The van der Waals surface area contributed by atoms with Gasteiger partial charge >= 0.3 is 6.03 Å². The molecule has 0 saturated carbocycles. The minimum Gasteiger partial charge on any atom is -0.393 e. The van der Waals surface area contributed by atoms with E-state index in [2.05, 4.69) is 21.3 Å². The summed E-state index contributed by atoms with van der Waals surface area (Å²) in [6.07, 6.45) is 5.51. The van der Waals surface area contributed by atoms with Crippen molar-refractivity contribution in [3.63, 3.8) is 0 Å². The molecule has 0 saturated heterocycles. The number of aliphatic hydroxyl groups is 1. The molecule has 2 aliphatic heterocycles. The van der Waals surface area contributed by atoms with Crippen LogP contribution in [0, 0.1) is 21.9 Å². The molecule has 12 heteroatoms. The molecule has 4 rings (SSSR count). The number of terminal acetylenes is 1. The number of anilines is 1. The lowest BCUT2D eigenvalue weighted by Crippen LogP contribution is -2.46. The Labute approximate surface area is 194 Å². The highest BCUT2D eigenvalue weighted by atomic mass is 127. The SMILES string of the molecule is C#C[C@@H]1Cc2nn3c(c2CN1C(=O)Nc1ccnc(I)c1F)C(F)(F)CC[C@](F)(CO)C3. The smallest absolute Gasteiger partial charge is 0.323 e. The number of carbonyl (C=O) groups excluding carboxylic acids is 1. The van der Waals surface area contributed by atoms with E-state index in [4.69, 9.17) is 6.42 Å². The first-order chi connectivity index (χ1) is 15.1. The second-order valence-electron chi connectivity index (χ2n) is 7.85. The number of pyridine rings is 1. The average molecular weight is 563 g/mol. The van der Waals surface area contributed by atoms with Gasteiger partial charge in [-0.25, -0.2) is 18.6 Å². The monoisotopic (exact) mass is 563 g/mol. The lowest BCUT2D eigenvalue weighted by Gasteiger charge is -2.33. The fraction of sp³-hybridized carbons (Fsp3) is 0.450. The molecular weight excluding hydrogens is 545 g/mol. The quantitative estimate of drug-likeness (QED) is 0.255. The summed E-state index contributed by atoms with van der Waals surface area (Å²) < 4.78 is 60.0. The van der Waals surface area contributed by atoms with Crippen molar-refractivity contribution in [3.05, 3.63) is 38.7 Å². The first-order valence-electron chi connectivity index (χ1n) is 9.69. The Hall–Kier alpha value is -2.40. The fourth-order valence-electron chi connectivity index (χ4n) is 4.02. The van der Waals surface area contributed by atoms with Crippen LogP contribution in [0.25, 0.3) is 0 Å². The Kier molecular flexibility index (Phi) is 5.83. The lowest BCUT2D eigenvalue weighted by atomic mass is 9.95. The number of aliphatic hydroxyl groups excluding tert-OH is 1. The van der Waals surface area contributed by atoms with Crippen molar-refractivity contribution < 1.29 is 27.5 Å². The highest BCUT2D eigenvalue weighted by Crippen LogP contribution is 2.44. The van der Waals surface area contributed by atoms with Gasteiger partial charge in [0.2, 0.25) is 0 Å². The van der Waals surface area contributed by atoms with Gasteiger partial charge in [0, 0.05) is 24.6 Å². The predicted octanol–water partition coefficient (Wildman–Crippen LogP) is 3.20. The minimum absolute atomic E-state index is 0.0237. The molecule has 2 N–H and O–H groups in total. The maximum Gasteiger partial charge on any atom is 0.323 e. The molecule has 2 aromatic rings. The second-order valence-corrected chi connectivity index (χ2v) is 8.87. The molecule has 0 unspecified atom stereocenters. The Morgan fingerprint density at radius 1 is 1.41 bits per heavy atom. The summed E-state index contributed by atoms with van der Waals surface area (Å²) in [7, 11) is 0. The van der Waals surface area contributed by atoms with Crippen LogP contribution >= 0.6 is 22.6 Å². The highest BCUT2D eigenvalue weighted by Gasteiger charge is 2.48. The van der Waals surface area contributed by atoms with Crippen molar-refractivity contribution in [2.45, 2.75) is 50.0 Å². The number of halogens is 5. The molecule has 2 aliphatic rings. The zero-order chi connectivity index (χ0) is 23.3. The molecule has 0 fully saturated rings. The molecule has 170 valence electrons. The van der Waals surface area contributed by atoms with Crippen LogP contribution in [0.4, 0.5) is 28.0 Å². The van der Waals surface area contributed by atoms with Crippen LogP contribution in [0.3, 0.4) is 0 Å². The molecule has 2 atom stereocenters. The molecule has 0 bridgehead atoms. The van der Waals surface area contributed by atoms with Crippen LogP contribution in [-0.2, 0) is 25.4 Å². The van der Waals surface area contributed by atoms with Crippen molar-refractivity contribution >= 4 is 34.3 Å². The maximum absolute atomic E-state index is 15.0. The molecule has 0 radical (unpaired) electrons. The highest BCUT2D eigenvalue weighted by molar-refractivity contribution is 14.1. The zero-order valence-electron chi connectivity index (χ0n) is 16.6. The van der Waals surface area contributed by atoms with E-state index in [1.54, 1.807) is 22.6 Å². The van der Waals surface area contributed by atoms with Crippen LogP contribution in [0.5, 0.6) is 0 Å². The van der Waals surface area contributed by atoms with Gasteiger partial charge in [-0.2, -0.15) is 13.9 Å². The summed E-state index contributed by atoms with van der Waals surface area (Å²) in [5.74, 6) is -1.71. The van der Waals surface area contributed by atoms with Crippen molar-refractivity contribution in [3.8, 4) is 12.3 Å². The van der Waals surface area contributed by atoms with Gasteiger partial charge in [-0.1, -0.05) is 5.92 Å². The third kappa shape index (κ3) is 3.92. The Bertz CT molecular complexity index is 1120. The fourth-order valence-corrected chi connectivity index (χ4v) is 4.47. The summed E-state index contributed by atoms with van der Waals surface area (Å²) in [6.45, 7) is -1.75.